The Labute approximate surface area is 99.2 Å². The van der Waals surface area contributed by atoms with E-state index >= 15 is 0 Å². The largest absolute Gasteiger partial charge is 1.00 e. The summed E-state index contributed by atoms with van der Waals surface area (Å²) in [5.41, 5.74) is 1.27. The quantitative estimate of drug-likeness (QED) is 0.501. The molecule has 84 valence electrons. The van der Waals surface area contributed by atoms with Crippen LogP contribution in [0.3, 0.4) is 0 Å². The fourth-order valence-electron chi connectivity index (χ4n) is 1.61. The topological polar surface area (TPSA) is 3.01 Å². The van der Waals surface area contributed by atoms with Gasteiger partial charge in [-0.1, -0.05) is 18.2 Å². The molecule has 1 aromatic carbocycles. The van der Waals surface area contributed by atoms with Crippen molar-refractivity contribution in [3.63, 3.8) is 0 Å². The number of hydrogen-bond acceptors (Lipinski definition) is 0. The Balaban J connectivity index is 0.00000196. The highest BCUT2D eigenvalue weighted by atomic mass is 35.5. The Hall–Kier alpha value is -0.820. The standard InChI is InChI=1S/C13H20N.ClH/c1-11(2)14(12(3)4)10-13-8-6-5-7-9-13;/h5-12H,1-4H3;1H/q+1;/p-1. The van der Waals surface area contributed by atoms with Gasteiger partial charge in [0, 0.05) is 5.56 Å². The molecular formula is C13H20ClN. The molecule has 0 unspecified atom stereocenters. The first-order valence-electron chi connectivity index (χ1n) is 5.28. The molecule has 15 heavy (non-hydrogen) atoms. The Kier molecular flexibility index (Phi) is 6.26. The van der Waals surface area contributed by atoms with Crippen LogP contribution in [0.15, 0.2) is 30.3 Å². The van der Waals surface area contributed by atoms with Gasteiger partial charge in [0.2, 0.25) is 0 Å². The van der Waals surface area contributed by atoms with E-state index in [4.69, 9.17) is 0 Å². The molecule has 0 heterocycles. The van der Waals surface area contributed by atoms with Crippen molar-refractivity contribution in [1.82, 2.24) is 0 Å². The summed E-state index contributed by atoms with van der Waals surface area (Å²) in [7, 11) is 0. The molecule has 0 aromatic heterocycles. The van der Waals surface area contributed by atoms with Crippen LogP contribution >= 0.6 is 0 Å². The third-order valence-corrected chi connectivity index (χ3v) is 2.29. The SMILES string of the molecule is CC(C)[N+](=Cc1ccccc1)C(C)C.[Cl-]. The zero-order chi connectivity index (χ0) is 10.6. The molecule has 0 aliphatic carbocycles. The van der Waals surface area contributed by atoms with Gasteiger partial charge < -0.3 is 12.4 Å². The van der Waals surface area contributed by atoms with Crippen molar-refractivity contribution >= 4 is 6.21 Å². The van der Waals surface area contributed by atoms with Crippen LogP contribution in [0.5, 0.6) is 0 Å². The second kappa shape index (κ2) is 6.62. The first-order valence-corrected chi connectivity index (χ1v) is 5.28. The lowest BCUT2D eigenvalue weighted by Gasteiger charge is -2.10. The maximum Gasteiger partial charge on any atom is 0.171 e. The molecule has 2 heteroatoms. The molecule has 0 aliphatic heterocycles. The van der Waals surface area contributed by atoms with Gasteiger partial charge in [0.25, 0.3) is 0 Å². The molecule has 0 radical (unpaired) electrons. The maximum atomic E-state index is 2.37. The van der Waals surface area contributed by atoms with E-state index in [1.165, 1.54) is 5.56 Å². The molecule has 0 aliphatic rings. The molecule has 0 fully saturated rings. The van der Waals surface area contributed by atoms with Crippen molar-refractivity contribution in [2.24, 2.45) is 0 Å². The maximum absolute atomic E-state index is 2.37. The predicted molar refractivity (Wildman–Crippen MR) is 62.1 cm³/mol. The Bertz CT molecular complexity index is 292. The first-order chi connectivity index (χ1) is 6.61. The molecular weight excluding hydrogens is 206 g/mol. The van der Waals surface area contributed by atoms with Crippen molar-refractivity contribution in [2.45, 2.75) is 39.8 Å². The van der Waals surface area contributed by atoms with Gasteiger partial charge in [-0.3, -0.25) is 0 Å². The molecule has 1 rings (SSSR count). The normalized spacial score (nSPS) is 10.0. The summed E-state index contributed by atoms with van der Waals surface area (Å²) in [5, 5.41) is 0. The van der Waals surface area contributed by atoms with Crippen molar-refractivity contribution in [3.05, 3.63) is 35.9 Å². The van der Waals surface area contributed by atoms with Crippen molar-refractivity contribution in [2.75, 3.05) is 0 Å². The molecule has 0 bridgehead atoms. The average molecular weight is 226 g/mol. The highest BCUT2D eigenvalue weighted by Gasteiger charge is 2.13. The minimum atomic E-state index is 0. The molecule has 0 amide bonds. The number of halogens is 1. The lowest BCUT2D eigenvalue weighted by atomic mass is 10.2. The number of hydrogen-bond donors (Lipinski definition) is 0. The van der Waals surface area contributed by atoms with Crippen LogP contribution in [0.1, 0.15) is 33.3 Å². The lowest BCUT2D eigenvalue weighted by molar-refractivity contribution is -0.583. The molecule has 0 saturated carbocycles. The van der Waals surface area contributed by atoms with Crippen molar-refractivity contribution in [3.8, 4) is 0 Å². The zero-order valence-electron chi connectivity index (χ0n) is 9.94. The molecule has 0 saturated heterocycles. The summed E-state index contributed by atoms with van der Waals surface area (Å²) in [4.78, 5) is 0. The zero-order valence-corrected chi connectivity index (χ0v) is 10.7. The summed E-state index contributed by atoms with van der Waals surface area (Å²) < 4.78 is 2.37. The van der Waals surface area contributed by atoms with Crippen LogP contribution in [0.2, 0.25) is 0 Å². The second-order valence-electron chi connectivity index (χ2n) is 4.17. The summed E-state index contributed by atoms with van der Waals surface area (Å²) >= 11 is 0. The summed E-state index contributed by atoms with van der Waals surface area (Å²) in [5.74, 6) is 0. The predicted octanol–water partition coefficient (Wildman–Crippen LogP) is -0.0612. The highest BCUT2D eigenvalue weighted by Crippen LogP contribution is 2.00. The summed E-state index contributed by atoms with van der Waals surface area (Å²) in [6, 6.07) is 11.6. The fraction of sp³-hybridized carbons (Fsp3) is 0.462. The van der Waals surface area contributed by atoms with Gasteiger partial charge in [0.1, 0.15) is 12.1 Å². The minimum Gasteiger partial charge on any atom is -1.00 e. The number of nitrogens with zero attached hydrogens (tertiary/aromatic N) is 1. The van der Waals surface area contributed by atoms with Gasteiger partial charge in [-0.05, 0) is 39.8 Å². The van der Waals surface area contributed by atoms with E-state index in [0.29, 0.717) is 12.1 Å². The van der Waals surface area contributed by atoms with E-state index in [1.54, 1.807) is 0 Å². The van der Waals surface area contributed by atoms with Crippen molar-refractivity contribution < 1.29 is 17.0 Å². The van der Waals surface area contributed by atoms with Crippen molar-refractivity contribution in [1.29, 1.82) is 0 Å². The van der Waals surface area contributed by atoms with Gasteiger partial charge in [0.15, 0.2) is 6.21 Å². The Morgan fingerprint density at radius 2 is 1.40 bits per heavy atom. The van der Waals surface area contributed by atoms with E-state index in [2.05, 4.69) is 62.8 Å². The van der Waals surface area contributed by atoms with Gasteiger partial charge in [-0.2, -0.15) is 0 Å². The van der Waals surface area contributed by atoms with E-state index in [0.717, 1.165) is 0 Å². The third-order valence-electron chi connectivity index (χ3n) is 2.29. The third kappa shape index (κ3) is 4.48. The molecule has 0 atom stereocenters. The smallest absolute Gasteiger partial charge is 0.171 e. The van der Waals surface area contributed by atoms with E-state index < -0.39 is 0 Å². The second-order valence-corrected chi connectivity index (χ2v) is 4.17. The lowest BCUT2D eigenvalue weighted by Crippen LogP contribution is -3.00. The fourth-order valence-corrected chi connectivity index (χ4v) is 1.61. The molecule has 1 aromatic rings. The van der Waals surface area contributed by atoms with Crippen LogP contribution in [0.25, 0.3) is 0 Å². The molecule has 0 N–H and O–H groups in total. The molecule has 1 nitrogen and oxygen atoms in total. The van der Waals surface area contributed by atoms with Crippen LogP contribution in [0.4, 0.5) is 0 Å². The van der Waals surface area contributed by atoms with Gasteiger partial charge >= 0.3 is 0 Å². The monoisotopic (exact) mass is 225 g/mol. The highest BCUT2D eigenvalue weighted by molar-refractivity contribution is 5.75. The van der Waals surface area contributed by atoms with Crippen LogP contribution < -0.4 is 12.4 Å². The Morgan fingerprint density at radius 3 is 1.80 bits per heavy atom. The summed E-state index contributed by atoms with van der Waals surface area (Å²) in [6.07, 6.45) is 2.23. The van der Waals surface area contributed by atoms with E-state index in [-0.39, 0.29) is 12.4 Å². The first kappa shape index (κ1) is 14.2. The van der Waals surface area contributed by atoms with Crippen LogP contribution in [0, 0.1) is 0 Å². The minimum absolute atomic E-state index is 0. The van der Waals surface area contributed by atoms with Gasteiger partial charge in [-0.25, -0.2) is 4.58 Å². The van der Waals surface area contributed by atoms with Crippen LogP contribution in [-0.4, -0.2) is 22.9 Å². The number of benzene rings is 1. The average Bonchev–Trinajstić information content (AvgIpc) is 2.15. The van der Waals surface area contributed by atoms with Gasteiger partial charge in [0.05, 0.1) is 0 Å². The molecule has 0 spiro atoms. The number of rotatable bonds is 3. The van der Waals surface area contributed by atoms with E-state index in [9.17, 15) is 0 Å². The van der Waals surface area contributed by atoms with E-state index in [1.807, 2.05) is 6.07 Å². The summed E-state index contributed by atoms with van der Waals surface area (Å²) in [6.45, 7) is 8.89. The van der Waals surface area contributed by atoms with Crippen LogP contribution in [-0.2, 0) is 0 Å². The van der Waals surface area contributed by atoms with Gasteiger partial charge in [-0.15, -0.1) is 0 Å². The Morgan fingerprint density at radius 1 is 0.933 bits per heavy atom.